The Balaban J connectivity index is 1.78. The molecule has 1 aliphatic carbocycles. The summed E-state index contributed by atoms with van der Waals surface area (Å²) in [5.74, 6) is 0.355. The lowest BCUT2D eigenvalue weighted by molar-refractivity contribution is -0.133. The van der Waals surface area contributed by atoms with Gasteiger partial charge in [-0.05, 0) is 49.4 Å². The molecule has 1 aliphatic rings. The lowest BCUT2D eigenvalue weighted by Gasteiger charge is -2.36. The highest BCUT2D eigenvalue weighted by molar-refractivity contribution is 5.93. The van der Waals surface area contributed by atoms with E-state index in [0.29, 0.717) is 19.0 Å². The highest BCUT2D eigenvalue weighted by Crippen LogP contribution is 2.24. The molecule has 1 fully saturated rings. The predicted octanol–water partition coefficient (Wildman–Crippen LogP) is 5.18. The van der Waals surface area contributed by atoms with E-state index in [0.717, 1.165) is 42.6 Å². The van der Waals surface area contributed by atoms with E-state index in [1.165, 1.54) is 6.42 Å². The second-order valence-electron chi connectivity index (χ2n) is 9.44. The van der Waals surface area contributed by atoms with Crippen molar-refractivity contribution in [3.63, 3.8) is 0 Å². The Hall–Kier alpha value is -2.76. The second kappa shape index (κ2) is 11.2. The summed E-state index contributed by atoms with van der Waals surface area (Å²) in [5, 5.41) is 3.06. The fraction of sp³-hybridized carbons (Fsp3) is 0.538. The summed E-state index contributed by atoms with van der Waals surface area (Å²) >= 11 is 0. The third-order valence-corrected chi connectivity index (χ3v) is 6.31. The Morgan fingerprint density at radius 1 is 1.09 bits per heavy atom. The van der Waals surface area contributed by atoms with Gasteiger partial charge in [0.25, 0.3) is 0 Å². The zero-order chi connectivity index (χ0) is 23.1. The maximum Gasteiger partial charge on any atom is 0.322 e. The standard InChI is InChI=1S/C26H38N4O2/c1-20(2)17-29(18-23-14-10-16-28(23)4)25(31)19-30(22-12-6-5-7-13-22)26(32)27-24-15-9-8-11-21(24)3/h8-11,14-16,20,22H,5-7,12-13,17-19H2,1-4H3,(H,27,32). The molecule has 0 atom stereocenters. The molecule has 0 saturated heterocycles. The van der Waals surface area contributed by atoms with Crippen LogP contribution in [0, 0.1) is 12.8 Å². The van der Waals surface area contributed by atoms with Crippen molar-refractivity contribution in [2.75, 3.05) is 18.4 Å². The fourth-order valence-corrected chi connectivity index (χ4v) is 4.46. The van der Waals surface area contributed by atoms with Crippen LogP contribution in [-0.4, -0.2) is 45.4 Å². The van der Waals surface area contributed by atoms with Crippen molar-refractivity contribution in [1.82, 2.24) is 14.4 Å². The Bertz CT molecular complexity index is 899. The van der Waals surface area contributed by atoms with Gasteiger partial charge in [0.1, 0.15) is 6.54 Å². The summed E-state index contributed by atoms with van der Waals surface area (Å²) < 4.78 is 2.05. The monoisotopic (exact) mass is 438 g/mol. The highest BCUT2D eigenvalue weighted by atomic mass is 16.2. The first-order valence-electron chi connectivity index (χ1n) is 11.9. The quantitative estimate of drug-likeness (QED) is 0.617. The van der Waals surface area contributed by atoms with Gasteiger partial charge in [-0.3, -0.25) is 4.79 Å². The van der Waals surface area contributed by atoms with Crippen LogP contribution in [0.2, 0.25) is 0 Å². The van der Waals surface area contributed by atoms with Gasteiger partial charge in [0.2, 0.25) is 5.91 Å². The van der Waals surface area contributed by atoms with Crippen molar-refractivity contribution < 1.29 is 9.59 Å². The first-order chi connectivity index (χ1) is 15.3. The van der Waals surface area contributed by atoms with E-state index in [1.54, 1.807) is 4.90 Å². The third-order valence-electron chi connectivity index (χ3n) is 6.31. The van der Waals surface area contributed by atoms with Crippen molar-refractivity contribution in [3.8, 4) is 0 Å². The van der Waals surface area contributed by atoms with Crippen LogP contribution in [0.1, 0.15) is 57.2 Å². The molecule has 3 rings (SSSR count). The summed E-state index contributed by atoms with van der Waals surface area (Å²) in [4.78, 5) is 30.5. The van der Waals surface area contributed by atoms with Crippen LogP contribution in [0.25, 0.3) is 0 Å². The molecule has 0 radical (unpaired) electrons. The maximum absolute atomic E-state index is 13.5. The van der Waals surface area contributed by atoms with E-state index in [2.05, 4.69) is 19.2 Å². The zero-order valence-electron chi connectivity index (χ0n) is 20.0. The molecule has 0 unspecified atom stereocenters. The van der Waals surface area contributed by atoms with E-state index in [9.17, 15) is 9.59 Å². The topological polar surface area (TPSA) is 57.6 Å². The van der Waals surface area contributed by atoms with E-state index < -0.39 is 0 Å². The van der Waals surface area contributed by atoms with Crippen molar-refractivity contribution in [2.45, 2.75) is 65.5 Å². The number of aryl methyl sites for hydroxylation is 2. The Morgan fingerprint density at radius 2 is 1.81 bits per heavy atom. The van der Waals surface area contributed by atoms with Crippen molar-refractivity contribution in [1.29, 1.82) is 0 Å². The molecular formula is C26H38N4O2. The van der Waals surface area contributed by atoms with E-state index in [-0.39, 0.29) is 24.5 Å². The molecule has 3 amide bonds. The molecule has 0 aliphatic heterocycles. The minimum absolute atomic E-state index is 0.00501. The van der Waals surface area contributed by atoms with Crippen LogP contribution in [0.4, 0.5) is 10.5 Å². The number of rotatable bonds is 8. The van der Waals surface area contributed by atoms with Gasteiger partial charge in [-0.25, -0.2) is 4.79 Å². The molecule has 0 bridgehead atoms. The van der Waals surface area contributed by atoms with Crippen LogP contribution in [0.3, 0.4) is 0 Å². The molecule has 1 N–H and O–H groups in total. The average molecular weight is 439 g/mol. The van der Waals surface area contributed by atoms with Crippen molar-refractivity contribution in [2.24, 2.45) is 13.0 Å². The normalized spacial score (nSPS) is 14.4. The number of anilines is 1. The molecule has 6 nitrogen and oxygen atoms in total. The minimum Gasteiger partial charge on any atom is -0.353 e. The number of amides is 3. The van der Waals surface area contributed by atoms with Gasteiger partial charge in [0, 0.05) is 37.2 Å². The number of urea groups is 1. The SMILES string of the molecule is Cc1ccccc1NC(=O)N(CC(=O)N(Cc1cccn1C)CC(C)C)C1CCCCC1. The van der Waals surface area contributed by atoms with Gasteiger partial charge >= 0.3 is 6.03 Å². The molecular weight excluding hydrogens is 400 g/mol. The first-order valence-corrected chi connectivity index (χ1v) is 11.9. The van der Waals surface area contributed by atoms with E-state index >= 15 is 0 Å². The molecule has 174 valence electrons. The van der Waals surface area contributed by atoms with Gasteiger partial charge in [-0.1, -0.05) is 51.3 Å². The van der Waals surface area contributed by atoms with Gasteiger partial charge in [-0.2, -0.15) is 0 Å². The molecule has 1 saturated carbocycles. The number of carbonyl (C=O) groups excluding carboxylic acids is 2. The lowest BCUT2D eigenvalue weighted by Crippen LogP contribution is -2.50. The maximum atomic E-state index is 13.5. The lowest BCUT2D eigenvalue weighted by atomic mass is 9.94. The van der Waals surface area contributed by atoms with Crippen LogP contribution in [-0.2, 0) is 18.4 Å². The Morgan fingerprint density at radius 3 is 2.44 bits per heavy atom. The molecule has 32 heavy (non-hydrogen) atoms. The number of nitrogens with one attached hydrogen (secondary N) is 1. The largest absolute Gasteiger partial charge is 0.353 e. The van der Waals surface area contributed by atoms with Gasteiger partial charge < -0.3 is 19.7 Å². The number of aromatic nitrogens is 1. The first kappa shape index (κ1) is 23.9. The van der Waals surface area contributed by atoms with E-state index in [4.69, 9.17) is 0 Å². The van der Waals surface area contributed by atoms with Gasteiger partial charge in [0.15, 0.2) is 0 Å². The summed E-state index contributed by atoms with van der Waals surface area (Å²) in [6.07, 6.45) is 7.31. The minimum atomic E-state index is -0.178. The van der Waals surface area contributed by atoms with Gasteiger partial charge in [0.05, 0.1) is 6.54 Å². The van der Waals surface area contributed by atoms with Crippen LogP contribution in [0.5, 0.6) is 0 Å². The molecule has 1 aromatic heterocycles. The molecule has 1 aromatic carbocycles. The van der Waals surface area contributed by atoms with Gasteiger partial charge in [-0.15, -0.1) is 0 Å². The molecule has 1 heterocycles. The summed E-state index contributed by atoms with van der Waals surface area (Å²) in [6.45, 7) is 7.56. The number of nitrogens with zero attached hydrogens (tertiary/aromatic N) is 3. The number of benzene rings is 1. The third kappa shape index (κ3) is 6.38. The predicted molar refractivity (Wildman–Crippen MR) is 129 cm³/mol. The molecule has 2 aromatic rings. The summed E-state index contributed by atoms with van der Waals surface area (Å²) in [7, 11) is 2.00. The van der Waals surface area contributed by atoms with Crippen molar-refractivity contribution in [3.05, 3.63) is 53.9 Å². The van der Waals surface area contributed by atoms with Crippen LogP contribution >= 0.6 is 0 Å². The Kier molecular flexibility index (Phi) is 8.37. The molecule has 0 spiro atoms. The highest BCUT2D eigenvalue weighted by Gasteiger charge is 2.29. The number of carbonyl (C=O) groups is 2. The smallest absolute Gasteiger partial charge is 0.322 e. The Labute approximate surface area is 192 Å². The number of hydrogen-bond acceptors (Lipinski definition) is 2. The second-order valence-corrected chi connectivity index (χ2v) is 9.44. The zero-order valence-corrected chi connectivity index (χ0v) is 20.0. The summed E-state index contributed by atoms with van der Waals surface area (Å²) in [6, 6.07) is 11.7. The van der Waals surface area contributed by atoms with Crippen molar-refractivity contribution >= 4 is 17.6 Å². The molecule has 6 heteroatoms. The number of hydrogen-bond donors (Lipinski definition) is 1. The fourth-order valence-electron chi connectivity index (χ4n) is 4.46. The van der Waals surface area contributed by atoms with Crippen LogP contribution < -0.4 is 5.32 Å². The van der Waals surface area contributed by atoms with Crippen LogP contribution in [0.15, 0.2) is 42.6 Å². The summed E-state index contributed by atoms with van der Waals surface area (Å²) in [5.41, 5.74) is 2.90. The van der Waals surface area contributed by atoms with E-state index in [1.807, 2.05) is 66.0 Å². The average Bonchev–Trinajstić information content (AvgIpc) is 3.17. The number of para-hydroxylation sites is 1.